The lowest BCUT2D eigenvalue weighted by atomic mass is 10.0. The third-order valence-electron chi connectivity index (χ3n) is 2.35. The van der Waals surface area contributed by atoms with Crippen LogP contribution < -0.4 is 0 Å². The van der Waals surface area contributed by atoms with Crippen LogP contribution in [0.25, 0.3) is 11.1 Å². The van der Waals surface area contributed by atoms with Crippen LogP contribution in [-0.2, 0) is 6.18 Å². The maximum absolute atomic E-state index is 12.3. The van der Waals surface area contributed by atoms with Crippen LogP contribution in [0.5, 0.6) is 0 Å². The Labute approximate surface area is 90.1 Å². The van der Waals surface area contributed by atoms with Gasteiger partial charge in [-0.25, -0.2) is 0 Å². The van der Waals surface area contributed by atoms with Crippen molar-refractivity contribution in [1.82, 2.24) is 10.2 Å². The Bertz CT molecular complexity index is 483. The Morgan fingerprint density at radius 1 is 1.12 bits per heavy atom. The lowest BCUT2D eigenvalue weighted by Crippen LogP contribution is -2.03. The van der Waals surface area contributed by atoms with E-state index in [4.69, 9.17) is 0 Å². The number of aryl methyl sites for hydroxylation is 1. The average molecular weight is 226 g/mol. The lowest BCUT2D eigenvalue weighted by Gasteiger charge is -2.07. The number of hydrogen-bond donors (Lipinski definition) is 1. The molecule has 0 bridgehead atoms. The highest BCUT2D eigenvalue weighted by molar-refractivity contribution is 5.65. The van der Waals surface area contributed by atoms with Crippen LogP contribution in [0.2, 0.25) is 0 Å². The summed E-state index contributed by atoms with van der Waals surface area (Å²) in [5.41, 5.74) is 1.73. The van der Waals surface area contributed by atoms with Crippen molar-refractivity contribution in [3.8, 4) is 11.1 Å². The van der Waals surface area contributed by atoms with Crippen molar-refractivity contribution in [3.05, 3.63) is 41.7 Å². The molecule has 84 valence electrons. The number of hydrogen-bond acceptors (Lipinski definition) is 1. The highest BCUT2D eigenvalue weighted by Gasteiger charge is 2.29. The Kier molecular flexibility index (Phi) is 2.46. The van der Waals surface area contributed by atoms with Crippen LogP contribution >= 0.6 is 0 Å². The fourth-order valence-electron chi connectivity index (χ4n) is 1.48. The second-order valence-corrected chi connectivity index (χ2v) is 3.48. The number of halogens is 3. The molecule has 0 saturated carbocycles. The zero-order chi connectivity index (χ0) is 11.8. The molecule has 1 aromatic carbocycles. The van der Waals surface area contributed by atoms with Gasteiger partial charge in [-0.3, -0.25) is 5.10 Å². The number of nitrogens with one attached hydrogen (secondary N) is 1. The van der Waals surface area contributed by atoms with Gasteiger partial charge < -0.3 is 0 Å². The van der Waals surface area contributed by atoms with Gasteiger partial charge in [-0.05, 0) is 24.6 Å². The molecule has 0 amide bonds. The molecular formula is C11H9F3N2. The number of benzene rings is 1. The van der Waals surface area contributed by atoms with E-state index >= 15 is 0 Å². The van der Waals surface area contributed by atoms with Gasteiger partial charge in [0.2, 0.25) is 0 Å². The Balaban J connectivity index is 2.37. The standard InChI is InChI=1S/C11H9F3N2/c1-7-10(6-15-16-7)8-2-4-9(5-3-8)11(12,13)14/h2-6H,1H3,(H,15,16). The summed E-state index contributed by atoms with van der Waals surface area (Å²) in [5, 5.41) is 6.56. The van der Waals surface area contributed by atoms with Gasteiger partial charge in [0.25, 0.3) is 0 Å². The summed E-state index contributed by atoms with van der Waals surface area (Å²) in [4.78, 5) is 0. The van der Waals surface area contributed by atoms with Crippen molar-refractivity contribution in [2.45, 2.75) is 13.1 Å². The zero-order valence-corrected chi connectivity index (χ0v) is 8.47. The molecule has 2 aromatic rings. The monoisotopic (exact) mass is 226 g/mol. The van der Waals surface area contributed by atoms with E-state index in [1.165, 1.54) is 12.1 Å². The molecule has 0 aliphatic carbocycles. The van der Waals surface area contributed by atoms with Crippen molar-refractivity contribution in [2.24, 2.45) is 0 Å². The van der Waals surface area contributed by atoms with Crippen LogP contribution in [0.15, 0.2) is 30.5 Å². The van der Waals surface area contributed by atoms with Gasteiger partial charge in [-0.1, -0.05) is 12.1 Å². The largest absolute Gasteiger partial charge is 0.416 e. The number of nitrogens with zero attached hydrogens (tertiary/aromatic N) is 1. The van der Waals surface area contributed by atoms with Gasteiger partial charge in [0.05, 0.1) is 11.8 Å². The second kappa shape index (κ2) is 3.66. The van der Waals surface area contributed by atoms with Gasteiger partial charge in [0.15, 0.2) is 0 Å². The molecule has 0 radical (unpaired) electrons. The normalized spacial score (nSPS) is 11.8. The molecule has 0 saturated heterocycles. The van der Waals surface area contributed by atoms with Crippen molar-refractivity contribution < 1.29 is 13.2 Å². The highest BCUT2D eigenvalue weighted by atomic mass is 19.4. The molecular weight excluding hydrogens is 217 g/mol. The average Bonchev–Trinajstić information content (AvgIpc) is 2.63. The van der Waals surface area contributed by atoms with Crippen LogP contribution in [0, 0.1) is 6.92 Å². The van der Waals surface area contributed by atoms with E-state index in [0.717, 1.165) is 29.0 Å². The highest BCUT2D eigenvalue weighted by Crippen LogP contribution is 2.31. The molecule has 0 spiro atoms. The maximum Gasteiger partial charge on any atom is 0.416 e. The minimum absolute atomic E-state index is 0.641. The first-order chi connectivity index (χ1) is 7.48. The molecule has 5 heteroatoms. The van der Waals surface area contributed by atoms with E-state index < -0.39 is 11.7 Å². The van der Waals surface area contributed by atoms with Crippen LogP contribution in [0.4, 0.5) is 13.2 Å². The zero-order valence-electron chi connectivity index (χ0n) is 8.47. The predicted octanol–water partition coefficient (Wildman–Crippen LogP) is 3.40. The summed E-state index contributed by atoms with van der Waals surface area (Å²) < 4.78 is 37.0. The fraction of sp³-hybridized carbons (Fsp3) is 0.182. The molecule has 2 nitrogen and oxygen atoms in total. The lowest BCUT2D eigenvalue weighted by molar-refractivity contribution is -0.137. The Hall–Kier alpha value is -1.78. The number of rotatable bonds is 1. The van der Waals surface area contributed by atoms with Gasteiger partial charge in [-0.15, -0.1) is 0 Å². The molecule has 1 aromatic heterocycles. The van der Waals surface area contributed by atoms with E-state index in [-0.39, 0.29) is 0 Å². The van der Waals surface area contributed by atoms with Gasteiger partial charge in [-0.2, -0.15) is 18.3 Å². The van der Waals surface area contributed by atoms with Crippen molar-refractivity contribution in [2.75, 3.05) is 0 Å². The first-order valence-electron chi connectivity index (χ1n) is 4.66. The molecule has 16 heavy (non-hydrogen) atoms. The van der Waals surface area contributed by atoms with Crippen LogP contribution in [-0.4, -0.2) is 10.2 Å². The third-order valence-corrected chi connectivity index (χ3v) is 2.35. The van der Waals surface area contributed by atoms with E-state index in [1.807, 2.05) is 6.92 Å². The Morgan fingerprint density at radius 2 is 1.75 bits per heavy atom. The summed E-state index contributed by atoms with van der Waals surface area (Å²) in [5.74, 6) is 0. The molecule has 0 aliphatic rings. The molecule has 1 N–H and O–H groups in total. The molecule has 2 rings (SSSR count). The molecule has 0 aliphatic heterocycles. The minimum Gasteiger partial charge on any atom is -0.282 e. The summed E-state index contributed by atoms with van der Waals surface area (Å²) in [6.45, 7) is 1.82. The number of aromatic nitrogens is 2. The van der Waals surface area contributed by atoms with Gasteiger partial charge in [0, 0.05) is 11.3 Å². The van der Waals surface area contributed by atoms with E-state index in [1.54, 1.807) is 6.20 Å². The van der Waals surface area contributed by atoms with E-state index in [0.29, 0.717) is 0 Å². The minimum atomic E-state index is -4.29. The Morgan fingerprint density at radius 3 is 2.19 bits per heavy atom. The predicted molar refractivity (Wildman–Crippen MR) is 53.8 cm³/mol. The fourth-order valence-corrected chi connectivity index (χ4v) is 1.48. The summed E-state index contributed by atoms with van der Waals surface area (Å²) in [6.07, 6.45) is -2.69. The van der Waals surface area contributed by atoms with Gasteiger partial charge >= 0.3 is 6.18 Å². The van der Waals surface area contributed by atoms with Crippen LogP contribution in [0.1, 0.15) is 11.3 Å². The smallest absolute Gasteiger partial charge is 0.282 e. The number of H-pyrrole nitrogens is 1. The third kappa shape index (κ3) is 1.93. The SMILES string of the molecule is Cc1[nH]ncc1-c1ccc(C(F)(F)F)cc1. The summed E-state index contributed by atoms with van der Waals surface area (Å²) in [6, 6.07) is 5.03. The summed E-state index contributed by atoms with van der Waals surface area (Å²) in [7, 11) is 0. The first kappa shape index (κ1) is 10.7. The van der Waals surface area contributed by atoms with Crippen molar-refractivity contribution in [3.63, 3.8) is 0 Å². The second-order valence-electron chi connectivity index (χ2n) is 3.48. The molecule has 0 atom stereocenters. The topological polar surface area (TPSA) is 28.7 Å². The van der Waals surface area contributed by atoms with Crippen molar-refractivity contribution >= 4 is 0 Å². The van der Waals surface area contributed by atoms with E-state index in [2.05, 4.69) is 10.2 Å². The van der Waals surface area contributed by atoms with Crippen LogP contribution in [0.3, 0.4) is 0 Å². The quantitative estimate of drug-likeness (QED) is 0.793. The maximum atomic E-state index is 12.3. The summed E-state index contributed by atoms with van der Waals surface area (Å²) >= 11 is 0. The first-order valence-corrected chi connectivity index (χ1v) is 4.66. The molecule has 1 heterocycles. The number of aromatic amines is 1. The number of alkyl halides is 3. The molecule has 0 unspecified atom stereocenters. The van der Waals surface area contributed by atoms with Gasteiger partial charge in [0.1, 0.15) is 0 Å². The molecule has 0 fully saturated rings. The van der Waals surface area contributed by atoms with Crippen molar-refractivity contribution in [1.29, 1.82) is 0 Å². The van der Waals surface area contributed by atoms with E-state index in [9.17, 15) is 13.2 Å².